The number of hydrogen-bond acceptors (Lipinski definition) is 14. The number of fused-ring (bicyclic) bond motifs is 6. The molecule has 4 aliphatic heterocycles. The van der Waals surface area contributed by atoms with E-state index in [4.69, 9.17) is 19.4 Å². The Morgan fingerprint density at radius 2 is 0.903 bits per heavy atom. The third-order valence-electron chi connectivity index (χ3n) is 15.2. The number of aromatic nitrogens is 10. The van der Waals surface area contributed by atoms with Gasteiger partial charge in [0.25, 0.3) is 0 Å². The average molecular weight is 999 g/mol. The van der Waals surface area contributed by atoms with E-state index in [0.29, 0.717) is 73.1 Å². The summed E-state index contributed by atoms with van der Waals surface area (Å²) in [5.74, 6) is -3.00. The SMILES string of the molecule is Cc1cc(N2C[C@H]3CC[C@@H](C2)C3Nc2nc3n(n2)CCCC[C@@H]3Oc2ccc(F)c(F)c2F)ncn1.Cc1cc(N2C[C@H]3CC[C@@H](C2)C3Nc2nc3n(n2)CCCC[C@H]3Oc2ccc(F)c(F)c2F)ncn1. The number of nitrogens with one attached hydrogen (secondary N) is 2. The Bertz CT molecular complexity index is 2700. The molecule has 4 bridgehead atoms. The molecule has 2 aromatic carbocycles. The topological polar surface area (TPSA) is 162 Å². The van der Waals surface area contributed by atoms with Crippen molar-refractivity contribution in [2.24, 2.45) is 23.7 Å². The van der Waals surface area contributed by atoms with Crippen molar-refractivity contribution in [3.05, 3.63) is 107 Å². The van der Waals surface area contributed by atoms with Gasteiger partial charge in [0.1, 0.15) is 24.3 Å². The van der Waals surface area contributed by atoms with Crippen molar-refractivity contribution in [3.8, 4) is 11.5 Å². The van der Waals surface area contributed by atoms with Crippen LogP contribution in [0.4, 0.5) is 49.9 Å². The Kier molecular flexibility index (Phi) is 13.2. The molecule has 2 aliphatic carbocycles. The number of benzene rings is 2. The van der Waals surface area contributed by atoms with Crippen LogP contribution in [0.3, 0.4) is 0 Å². The molecule has 4 fully saturated rings. The van der Waals surface area contributed by atoms with Gasteiger partial charge in [-0.05, 0) is 126 Å². The molecule has 12 rings (SSSR count). The molecule has 2 saturated carbocycles. The summed E-state index contributed by atoms with van der Waals surface area (Å²) in [6.07, 6.45) is 11.1. The molecular formula is C50H56F6N14O2. The molecule has 2 N–H and O–H groups in total. The molecule has 4 aromatic heterocycles. The smallest absolute Gasteiger partial charge is 0.242 e. The molecule has 8 atom stereocenters. The summed E-state index contributed by atoms with van der Waals surface area (Å²) in [5, 5.41) is 16.5. The zero-order valence-electron chi connectivity index (χ0n) is 40.0. The van der Waals surface area contributed by atoms with E-state index >= 15 is 0 Å². The largest absolute Gasteiger partial charge is 0.479 e. The van der Waals surface area contributed by atoms with Crippen LogP contribution in [0.25, 0.3) is 0 Å². The van der Waals surface area contributed by atoms with Gasteiger partial charge in [0.2, 0.25) is 23.5 Å². The molecule has 0 spiro atoms. The Labute approximate surface area is 412 Å². The fourth-order valence-electron chi connectivity index (χ4n) is 11.6. The van der Waals surface area contributed by atoms with E-state index < -0.39 is 47.1 Å². The zero-order chi connectivity index (χ0) is 49.6. The predicted octanol–water partition coefficient (Wildman–Crippen LogP) is 8.85. The first-order valence-electron chi connectivity index (χ1n) is 25.0. The highest BCUT2D eigenvalue weighted by atomic mass is 19.2. The van der Waals surface area contributed by atoms with E-state index in [2.05, 4.69) is 50.6 Å². The third-order valence-corrected chi connectivity index (χ3v) is 15.2. The van der Waals surface area contributed by atoms with Crippen LogP contribution in [0.5, 0.6) is 11.5 Å². The second kappa shape index (κ2) is 20.0. The molecule has 0 amide bonds. The van der Waals surface area contributed by atoms with E-state index in [1.165, 1.54) is 0 Å². The summed E-state index contributed by atoms with van der Waals surface area (Å²) in [6, 6.07) is 8.51. The lowest BCUT2D eigenvalue weighted by molar-refractivity contribution is 0.172. The summed E-state index contributed by atoms with van der Waals surface area (Å²) in [6.45, 7) is 8.89. The van der Waals surface area contributed by atoms with Crippen molar-refractivity contribution in [1.29, 1.82) is 0 Å². The summed E-state index contributed by atoms with van der Waals surface area (Å²) < 4.78 is 97.9. The van der Waals surface area contributed by atoms with Crippen molar-refractivity contribution in [2.75, 3.05) is 46.6 Å². The van der Waals surface area contributed by atoms with Gasteiger partial charge in [0.05, 0.1) is 0 Å². The summed E-state index contributed by atoms with van der Waals surface area (Å²) in [7, 11) is 0. The van der Waals surface area contributed by atoms with Gasteiger partial charge in [0, 0.05) is 74.9 Å². The first-order chi connectivity index (χ1) is 34.9. The molecule has 6 aliphatic rings. The van der Waals surface area contributed by atoms with Crippen molar-refractivity contribution < 1.29 is 35.8 Å². The lowest BCUT2D eigenvalue weighted by Crippen LogP contribution is -2.48. The highest BCUT2D eigenvalue weighted by Gasteiger charge is 2.45. The minimum atomic E-state index is -1.54. The molecule has 16 nitrogen and oxygen atoms in total. The lowest BCUT2D eigenvalue weighted by Gasteiger charge is -2.38. The monoisotopic (exact) mass is 998 g/mol. The Balaban J connectivity index is 0.000000156. The highest BCUT2D eigenvalue weighted by Crippen LogP contribution is 2.42. The minimum Gasteiger partial charge on any atom is -0.479 e. The summed E-state index contributed by atoms with van der Waals surface area (Å²) in [5.41, 5.74) is 1.91. The van der Waals surface area contributed by atoms with E-state index in [-0.39, 0.29) is 23.6 Å². The first-order valence-corrected chi connectivity index (χ1v) is 25.0. The number of anilines is 4. The molecule has 22 heteroatoms. The van der Waals surface area contributed by atoms with Gasteiger partial charge < -0.3 is 29.9 Å². The van der Waals surface area contributed by atoms with Crippen LogP contribution in [0, 0.1) is 72.4 Å². The fourth-order valence-corrected chi connectivity index (χ4v) is 11.6. The van der Waals surface area contributed by atoms with E-state index in [9.17, 15) is 26.3 Å². The standard InChI is InChI=1S/2C25H28F3N7O/c2*1-14-10-20(30-13-29-14)34-11-15-5-6-16(12-34)23(15)31-25-32-24-19(4-2-3-9-35(24)33-25)36-18-8-7-17(26)21(27)22(18)28/h2*7-8,10,13,15-16,19,23H,2-6,9,11-12H2,1H3,(H,31,33)/t2*15-,16+,19-,23?/m10/s1. The number of aryl methyl sites for hydroxylation is 4. The van der Waals surface area contributed by atoms with Gasteiger partial charge >= 0.3 is 0 Å². The Morgan fingerprint density at radius 3 is 1.29 bits per heavy atom. The van der Waals surface area contributed by atoms with E-state index in [1.807, 2.05) is 26.0 Å². The van der Waals surface area contributed by atoms with Crippen LogP contribution in [0.1, 0.15) is 99.5 Å². The van der Waals surface area contributed by atoms with Gasteiger partial charge in [-0.3, -0.25) is 0 Å². The average Bonchev–Trinajstić information content (AvgIpc) is 4.00. The second-order valence-corrected chi connectivity index (χ2v) is 20.0. The van der Waals surface area contributed by atoms with Crippen LogP contribution in [0.2, 0.25) is 0 Å². The second-order valence-electron chi connectivity index (χ2n) is 20.0. The Hall–Kier alpha value is -6.74. The van der Waals surface area contributed by atoms with E-state index in [1.54, 1.807) is 22.0 Å². The normalized spacial score (nSPS) is 25.4. The van der Waals surface area contributed by atoms with Crippen LogP contribution in [-0.2, 0) is 13.1 Å². The highest BCUT2D eigenvalue weighted by molar-refractivity contribution is 5.43. The third kappa shape index (κ3) is 9.67. The number of ether oxygens (including phenoxy) is 2. The molecule has 2 unspecified atom stereocenters. The van der Waals surface area contributed by atoms with Gasteiger partial charge in [-0.25, -0.2) is 46.9 Å². The quantitative estimate of drug-likeness (QED) is 0.0989. The van der Waals surface area contributed by atoms with Crippen LogP contribution >= 0.6 is 0 Å². The van der Waals surface area contributed by atoms with Gasteiger partial charge in [-0.2, -0.15) is 18.7 Å². The maximum absolute atomic E-state index is 14.3. The molecule has 2 saturated heterocycles. The fraction of sp³-hybridized carbons (Fsp3) is 0.520. The zero-order valence-corrected chi connectivity index (χ0v) is 40.0. The van der Waals surface area contributed by atoms with Crippen LogP contribution in [0.15, 0.2) is 49.1 Å². The maximum Gasteiger partial charge on any atom is 0.242 e. The minimum absolute atomic E-state index is 0.249. The van der Waals surface area contributed by atoms with Gasteiger partial charge in [-0.15, -0.1) is 10.2 Å². The summed E-state index contributed by atoms with van der Waals surface area (Å²) >= 11 is 0. The number of nitrogens with zero attached hydrogens (tertiary/aromatic N) is 12. The predicted molar refractivity (Wildman–Crippen MR) is 252 cm³/mol. The molecule has 8 heterocycles. The number of rotatable bonds is 10. The molecule has 6 aromatic rings. The molecular weight excluding hydrogens is 943 g/mol. The number of halogens is 6. The van der Waals surface area contributed by atoms with Crippen LogP contribution in [-0.4, -0.2) is 87.7 Å². The number of piperidine rings is 2. The van der Waals surface area contributed by atoms with Gasteiger partial charge in [-0.1, -0.05) is 0 Å². The maximum atomic E-state index is 14.3. The van der Waals surface area contributed by atoms with Crippen LogP contribution < -0.4 is 29.9 Å². The van der Waals surface area contributed by atoms with Crippen molar-refractivity contribution in [1.82, 2.24) is 49.5 Å². The molecule has 72 heavy (non-hydrogen) atoms. The lowest BCUT2D eigenvalue weighted by atomic mass is 9.92. The van der Waals surface area contributed by atoms with Crippen molar-refractivity contribution in [3.63, 3.8) is 0 Å². The summed E-state index contributed by atoms with van der Waals surface area (Å²) in [4.78, 5) is 31.5. The molecule has 0 radical (unpaired) electrons. The number of hydrogen-bond donors (Lipinski definition) is 2. The first kappa shape index (κ1) is 47.6. The van der Waals surface area contributed by atoms with Crippen molar-refractivity contribution >= 4 is 23.5 Å². The van der Waals surface area contributed by atoms with E-state index in [0.717, 1.165) is 125 Å². The van der Waals surface area contributed by atoms with Gasteiger partial charge in [0.15, 0.2) is 58.6 Å². The Morgan fingerprint density at radius 1 is 0.500 bits per heavy atom. The molecule has 380 valence electrons. The van der Waals surface area contributed by atoms with Crippen molar-refractivity contribution in [2.45, 2.75) is 115 Å².